The van der Waals surface area contributed by atoms with E-state index in [0.29, 0.717) is 12.6 Å². The molecule has 0 aromatic rings. The van der Waals surface area contributed by atoms with E-state index >= 15 is 0 Å². The van der Waals surface area contributed by atoms with Gasteiger partial charge in [0.25, 0.3) is 0 Å². The van der Waals surface area contributed by atoms with Crippen LogP contribution in [0.4, 0.5) is 4.79 Å². The van der Waals surface area contributed by atoms with Crippen LogP contribution in [0.2, 0.25) is 0 Å². The van der Waals surface area contributed by atoms with Crippen LogP contribution in [0.25, 0.3) is 0 Å². The summed E-state index contributed by atoms with van der Waals surface area (Å²) >= 11 is 0. The van der Waals surface area contributed by atoms with Crippen LogP contribution in [0.3, 0.4) is 0 Å². The minimum atomic E-state index is -0.840. The van der Waals surface area contributed by atoms with Crippen LogP contribution in [0.5, 0.6) is 0 Å². The predicted molar refractivity (Wildman–Crippen MR) is 75.7 cm³/mol. The van der Waals surface area contributed by atoms with E-state index in [0.717, 1.165) is 38.9 Å². The summed E-state index contributed by atoms with van der Waals surface area (Å²) in [6, 6.07) is 0.704. The number of piperazine rings is 1. The highest BCUT2D eigenvalue weighted by molar-refractivity contribution is 5.76. The van der Waals surface area contributed by atoms with Crippen molar-refractivity contribution < 1.29 is 14.7 Å². The van der Waals surface area contributed by atoms with Crippen LogP contribution in [0, 0.1) is 0 Å². The first-order valence-corrected chi connectivity index (χ1v) is 7.50. The SMILES string of the molecule is CCC1CN(C(=O)N(CCC(=O)O)C2CC2)CCN1C. The zero-order valence-electron chi connectivity index (χ0n) is 12.4. The Morgan fingerprint density at radius 2 is 2.00 bits per heavy atom. The van der Waals surface area contributed by atoms with Gasteiger partial charge in [0.15, 0.2) is 0 Å². The van der Waals surface area contributed by atoms with Crippen molar-refractivity contribution in [2.24, 2.45) is 0 Å². The maximum absolute atomic E-state index is 12.6. The highest BCUT2D eigenvalue weighted by atomic mass is 16.4. The standard InChI is InChI=1S/C14H25N3O3/c1-3-11-10-16(9-8-15(11)2)14(20)17(12-4-5-12)7-6-13(18)19/h11-12H,3-10H2,1-2H3,(H,18,19). The quantitative estimate of drug-likeness (QED) is 0.820. The molecule has 0 bridgehead atoms. The smallest absolute Gasteiger partial charge is 0.320 e. The Bertz CT molecular complexity index is 371. The first-order chi connectivity index (χ1) is 9.52. The fraction of sp³-hybridized carbons (Fsp3) is 0.857. The summed E-state index contributed by atoms with van der Waals surface area (Å²) in [5.74, 6) is -0.840. The topological polar surface area (TPSA) is 64.1 Å². The third kappa shape index (κ3) is 3.62. The largest absolute Gasteiger partial charge is 0.481 e. The molecule has 1 saturated carbocycles. The molecule has 0 radical (unpaired) electrons. The molecular formula is C14H25N3O3. The van der Waals surface area contributed by atoms with Gasteiger partial charge < -0.3 is 14.9 Å². The molecule has 6 nitrogen and oxygen atoms in total. The van der Waals surface area contributed by atoms with Gasteiger partial charge >= 0.3 is 12.0 Å². The minimum absolute atomic E-state index is 0.0281. The van der Waals surface area contributed by atoms with Gasteiger partial charge in [-0.25, -0.2) is 4.79 Å². The number of carbonyl (C=O) groups is 2. The molecule has 1 unspecified atom stereocenters. The Labute approximate surface area is 120 Å². The Kier molecular flexibility index (Phi) is 4.86. The zero-order chi connectivity index (χ0) is 14.7. The number of amides is 2. The molecule has 114 valence electrons. The first kappa shape index (κ1) is 15.1. The second kappa shape index (κ2) is 6.43. The molecule has 2 fully saturated rings. The van der Waals surface area contributed by atoms with Crippen molar-refractivity contribution in [1.29, 1.82) is 0 Å². The van der Waals surface area contributed by atoms with Crippen LogP contribution in [0.1, 0.15) is 32.6 Å². The molecule has 1 atom stereocenters. The van der Waals surface area contributed by atoms with E-state index in [1.54, 1.807) is 4.90 Å². The fourth-order valence-electron chi connectivity index (χ4n) is 2.78. The van der Waals surface area contributed by atoms with Crippen molar-refractivity contribution in [3.63, 3.8) is 0 Å². The summed E-state index contributed by atoms with van der Waals surface area (Å²) < 4.78 is 0. The lowest BCUT2D eigenvalue weighted by Crippen LogP contribution is -2.56. The van der Waals surface area contributed by atoms with Crippen molar-refractivity contribution in [3.8, 4) is 0 Å². The molecule has 0 aromatic carbocycles. The number of hydrogen-bond acceptors (Lipinski definition) is 3. The average Bonchev–Trinajstić information content (AvgIpc) is 3.23. The highest BCUT2D eigenvalue weighted by Gasteiger charge is 2.36. The summed E-state index contributed by atoms with van der Waals surface area (Å²) in [6.07, 6.45) is 3.08. The molecular weight excluding hydrogens is 258 g/mol. The van der Waals surface area contributed by atoms with E-state index in [-0.39, 0.29) is 18.5 Å². The van der Waals surface area contributed by atoms with E-state index in [4.69, 9.17) is 5.11 Å². The second-order valence-electron chi connectivity index (χ2n) is 5.84. The van der Waals surface area contributed by atoms with Gasteiger partial charge in [-0.15, -0.1) is 0 Å². The zero-order valence-corrected chi connectivity index (χ0v) is 12.4. The maximum Gasteiger partial charge on any atom is 0.320 e. The van der Waals surface area contributed by atoms with Crippen LogP contribution >= 0.6 is 0 Å². The maximum atomic E-state index is 12.6. The molecule has 20 heavy (non-hydrogen) atoms. The van der Waals surface area contributed by atoms with Crippen LogP contribution in [-0.2, 0) is 4.79 Å². The van der Waals surface area contributed by atoms with E-state index in [2.05, 4.69) is 18.9 Å². The number of likely N-dealkylation sites (N-methyl/N-ethyl adjacent to an activating group) is 1. The number of hydrogen-bond donors (Lipinski definition) is 1. The normalized spacial score (nSPS) is 23.7. The van der Waals surface area contributed by atoms with Crippen LogP contribution < -0.4 is 0 Å². The van der Waals surface area contributed by atoms with Crippen molar-refractivity contribution in [2.45, 2.75) is 44.7 Å². The summed E-state index contributed by atoms with van der Waals surface area (Å²) in [5, 5.41) is 8.81. The van der Waals surface area contributed by atoms with E-state index < -0.39 is 5.97 Å². The number of nitrogens with zero attached hydrogens (tertiary/aromatic N) is 3. The average molecular weight is 283 g/mol. The molecule has 0 aromatic heterocycles. The van der Waals surface area contributed by atoms with Gasteiger partial charge in [0.05, 0.1) is 6.42 Å². The monoisotopic (exact) mass is 283 g/mol. The number of urea groups is 1. The third-order valence-electron chi connectivity index (χ3n) is 4.32. The molecule has 1 heterocycles. The number of carbonyl (C=O) groups excluding carboxylic acids is 1. The number of carboxylic acid groups (broad SMARTS) is 1. The van der Waals surface area contributed by atoms with Crippen LogP contribution in [0.15, 0.2) is 0 Å². The number of carboxylic acids is 1. The lowest BCUT2D eigenvalue weighted by molar-refractivity contribution is -0.137. The Hall–Kier alpha value is -1.30. The molecule has 1 aliphatic carbocycles. The highest BCUT2D eigenvalue weighted by Crippen LogP contribution is 2.28. The minimum Gasteiger partial charge on any atom is -0.481 e. The summed E-state index contributed by atoms with van der Waals surface area (Å²) in [7, 11) is 2.10. The number of rotatable bonds is 5. The van der Waals surface area contributed by atoms with Gasteiger partial charge in [-0.3, -0.25) is 9.69 Å². The molecule has 2 aliphatic rings. The van der Waals surface area contributed by atoms with Gasteiger partial charge in [-0.2, -0.15) is 0 Å². The molecule has 1 aliphatic heterocycles. The van der Waals surface area contributed by atoms with Gasteiger partial charge in [0, 0.05) is 38.3 Å². The predicted octanol–water partition coefficient (Wildman–Crippen LogP) is 1.07. The van der Waals surface area contributed by atoms with Gasteiger partial charge in [0.1, 0.15) is 0 Å². The molecule has 2 amide bonds. The lowest BCUT2D eigenvalue weighted by atomic mass is 10.1. The van der Waals surface area contributed by atoms with E-state index in [1.165, 1.54) is 0 Å². The van der Waals surface area contributed by atoms with E-state index in [1.807, 2.05) is 4.90 Å². The van der Waals surface area contributed by atoms with Gasteiger partial charge in [-0.1, -0.05) is 6.92 Å². The summed E-state index contributed by atoms with van der Waals surface area (Å²) in [6.45, 7) is 4.85. The van der Waals surface area contributed by atoms with E-state index in [9.17, 15) is 9.59 Å². The Morgan fingerprint density at radius 1 is 1.30 bits per heavy atom. The van der Waals surface area contributed by atoms with Crippen molar-refractivity contribution in [2.75, 3.05) is 33.2 Å². The molecule has 0 spiro atoms. The molecule has 2 rings (SSSR count). The first-order valence-electron chi connectivity index (χ1n) is 7.50. The Morgan fingerprint density at radius 3 is 2.55 bits per heavy atom. The summed E-state index contributed by atoms with van der Waals surface area (Å²) in [5.41, 5.74) is 0. The third-order valence-corrected chi connectivity index (χ3v) is 4.32. The van der Waals surface area contributed by atoms with Crippen molar-refractivity contribution in [3.05, 3.63) is 0 Å². The fourth-order valence-corrected chi connectivity index (χ4v) is 2.78. The van der Waals surface area contributed by atoms with Gasteiger partial charge in [0.2, 0.25) is 0 Å². The van der Waals surface area contributed by atoms with Gasteiger partial charge in [-0.05, 0) is 26.3 Å². The number of aliphatic carboxylic acids is 1. The summed E-state index contributed by atoms with van der Waals surface area (Å²) in [4.78, 5) is 29.3. The van der Waals surface area contributed by atoms with Crippen molar-refractivity contribution in [1.82, 2.24) is 14.7 Å². The lowest BCUT2D eigenvalue weighted by Gasteiger charge is -2.41. The van der Waals surface area contributed by atoms with Crippen molar-refractivity contribution >= 4 is 12.0 Å². The second-order valence-corrected chi connectivity index (χ2v) is 5.84. The Balaban J connectivity index is 1.94. The molecule has 1 saturated heterocycles. The molecule has 6 heteroatoms. The van der Waals surface area contributed by atoms with Crippen LogP contribution in [-0.4, -0.2) is 77.1 Å². The molecule has 1 N–H and O–H groups in total.